The molecule has 0 aromatic heterocycles. The molecule has 1 aliphatic carbocycles. The number of hydrogen-bond acceptors (Lipinski definition) is 3. The highest BCUT2D eigenvalue weighted by atomic mass is 15.2. The summed E-state index contributed by atoms with van der Waals surface area (Å²) in [4.78, 5) is 5.33. The third-order valence-electron chi connectivity index (χ3n) is 4.60. The molecule has 0 bridgehead atoms. The molecule has 18 heavy (non-hydrogen) atoms. The minimum absolute atomic E-state index is 0.836. The predicted octanol–water partition coefficient (Wildman–Crippen LogP) is 1.92. The average molecular weight is 253 g/mol. The fourth-order valence-electron chi connectivity index (χ4n) is 3.48. The standard InChI is InChI=1S/C15H31N3/c16-8-4-9-17-10-5-11-18(13-12-17)14-15-6-2-1-3-7-15/h15H,1-14,16H2. The molecule has 3 nitrogen and oxygen atoms in total. The molecule has 0 aromatic carbocycles. The Morgan fingerprint density at radius 3 is 2.33 bits per heavy atom. The summed E-state index contributed by atoms with van der Waals surface area (Å²) in [6.45, 7) is 8.53. The Kier molecular flexibility index (Phi) is 6.46. The average Bonchev–Trinajstić information content (AvgIpc) is 2.63. The second-order valence-corrected chi connectivity index (χ2v) is 6.14. The Morgan fingerprint density at radius 1 is 0.833 bits per heavy atom. The fourth-order valence-corrected chi connectivity index (χ4v) is 3.48. The molecule has 0 unspecified atom stereocenters. The van der Waals surface area contributed by atoms with Crippen molar-refractivity contribution in [2.45, 2.75) is 44.9 Å². The van der Waals surface area contributed by atoms with Gasteiger partial charge in [-0.3, -0.25) is 0 Å². The van der Waals surface area contributed by atoms with Crippen LogP contribution in [0, 0.1) is 5.92 Å². The van der Waals surface area contributed by atoms with Gasteiger partial charge >= 0.3 is 0 Å². The van der Waals surface area contributed by atoms with Gasteiger partial charge < -0.3 is 15.5 Å². The minimum Gasteiger partial charge on any atom is -0.330 e. The van der Waals surface area contributed by atoms with E-state index in [1.165, 1.54) is 77.8 Å². The van der Waals surface area contributed by atoms with Crippen molar-refractivity contribution in [3.05, 3.63) is 0 Å². The molecule has 0 aromatic rings. The van der Waals surface area contributed by atoms with E-state index in [2.05, 4.69) is 9.80 Å². The van der Waals surface area contributed by atoms with Gasteiger partial charge in [-0.1, -0.05) is 19.3 Å². The Balaban J connectivity index is 1.67. The van der Waals surface area contributed by atoms with Gasteiger partial charge in [0.05, 0.1) is 0 Å². The molecule has 0 atom stereocenters. The Morgan fingerprint density at radius 2 is 1.56 bits per heavy atom. The van der Waals surface area contributed by atoms with Crippen molar-refractivity contribution in [1.82, 2.24) is 9.80 Å². The summed E-state index contributed by atoms with van der Waals surface area (Å²) in [6, 6.07) is 0. The Bertz CT molecular complexity index is 214. The van der Waals surface area contributed by atoms with Gasteiger partial charge in [-0.05, 0) is 57.8 Å². The molecular formula is C15H31N3. The zero-order valence-corrected chi connectivity index (χ0v) is 11.9. The van der Waals surface area contributed by atoms with Gasteiger partial charge in [0.25, 0.3) is 0 Å². The van der Waals surface area contributed by atoms with Gasteiger partial charge in [0, 0.05) is 19.6 Å². The molecule has 0 amide bonds. The smallest absolute Gasteiger partial charge is 0.0109 e. The molecule has 1 aliphatic heterocycles. The highest BCUT2D eigenvalue weighted by Crippen LogP contribution is 2.24. The van der Waals surface area contributed by atoms with E-state index in [1.54, 1.807) is 0 Å². The predicted molar refractivity (Wildman–Crippen MR) is 77.7 cm³/mol. The van der Waals surface area contributed by atoms with Crippen LogP contribution in [0.15, 0.2) is 0 Å². The molecule has 1 saturated carbocycles. The SMILES string of the molecule is NCCCN1CCCN(CC2CCCCC2)CC1. The first-order valence-corrected chi connectivity index (χ1v) is 8.03. The monoisotopic (exact) mass is 253 g/mol. The maximum absolute atomic E-state index is 5.60. The van der Waals surface area contributed by atoms with E-state index in [-0.39, 0.29) is 0 Å². The van der Waals surface area contributed by atoms with Crippen LogP contribution in [0.2, 0.25) is 0 Å². The van der Waals surface area contributed by atoms with Crippen molar-refractivity contribution in [1.29, 1.82) is 0 Å². The van der Waals surface area contributed by atoms with Crippen LogP contribution in [0.3, 0.4) is 0 Å². The van der Waals surface area contributed by atoms with Crippen molar-refractivity contribution in [3.63, 3.8) is 0 Å². The molecule has 0 spiro atoms. The summed E-state index contributed by atoms with van der Waals surface area (Å²) in [5.41, 5.74) is 5.60. The number of nitrogens with two attached hydrogens (primary N) is 1. The zero-order valence-electron chi connectivity index (χ0n) is 11.9. The summed E-state index contributed by atoms with van der Waals surface area (Å²) >= 11 is 0. The normalized spacial score (nSPS) is 25.2. The topological polar surface area (TPSA) is 32.5 Å². The number of rotatable bonds is 5. The molecule has 1 heterocycles. The van der Waals surface area contributed by atoms with Crippen LogP contribution >= 0.6 is 0 Å². The maximum Gasteiger partial charge on any atom is 0.0109 e. The molecule has 3 heteroatoms. The number of hydrogen-bond donors (Lipinski definition) is 1. The summed E-state index contributed by atoms with van der Waals surface area (Å²) in [5.74, 6) is 0.995. The summed E-state index contributed by atoms with van der Waals surface area (Å²) < 4.78 is 0. The highest BCUT2D eigenvalue weighted by molar-refractivity contribution is 4.74. The quantitative estimate of drug-likeness (QED) is 0.812. The molecule has 0 radical (unpaired) electrons. The van der Waals surface area contributed by atoms with Gasteiger partial charge in [-0.25, -0.2) is 0 Å². The molecule has 2 N–H and O–H groups in total. The minimum atomic E-state index is 0.836. The van der Waals surface area contributed by atoms with E-state index in [9.17, 15) is 0 Å². The summed E-state index contributed by atoms with van der Waals surface area (Å²) in [7, 11) is 0. The van der Waals surface area contributed by atoms with E-state index >= 15 is 0 Å². The zero-order chi connectivity index (χ0) is 12.6. The van der Waals surface area contributed by atoms with Crippen LogP contribution in [-0.2, 0) is 0 Å². The molecule has 2 rings (SSSR count). The van der Waals surface area contributed by atoms with Gasteiger partial charge in [-0.2, -0.15) is 0 Å². The third-order valence-corrected chi connectivity index (χ3v) is 4.60. The van der Waals surface area contributed by atoms with Crippen LogP contribution in [0.1, 0.15) is 44.9 Å². The van der Waals surface area contributed by atoms with Crippen LogP contribution in [0.4, 0.5) is 0 Å². The molecular weight excluding hydrogens is 222 g/mol. The summed E-state index contributed by atoms with van der Waals surface area (Å²) in [6.07, 6.45) is 9.88. The van der Waals surface area contributed by atoms with Gasteiger partial charge in [-0.15, -0.1) is 0 Å². The van der Waals surface area contributed by atoms with Crippen molar-refractivity contribution >= 4 is 0 Å². The lowest BCUT2D eigenvalue weighted by molar-refractivity contribution is 0.201. The van der Waals surface area contributed by atoms with E-state index in [4.69, 9.17) is 5.73 Å². The van der Waals surface area contributed by atoms with Gasteiger partial charge in [0.1, 0.15) is 0 Å². The highest BCUT2D eigenvalue weighted by Gasteiger charge is 2.19. The van der Waals surface area contributed by atoms with E-state index in [1.807, 2.05) is 0 Å². The van der Waals surface area contributed by atoms with Crippen molar-refractivity contribution in [2.75, 3.05) is 45.8 Å². The first-order chi connectivity index (χ1) is 8.88. The van der Waals surface area contributed by atoms with Gasteiger partial charge in [0.15, 0.2) is 0 Å². The lowest BCUT2D eigenvalue weighted by atomic mass is 9.89. The van der Waals surface area contributed by atoms with Crippen molar-refractivity contribution in [3.8, 4) is 0 Å². The largest absolute Gasteiger partial charge is 0.330 e. The van der Waals surface area contributed by atoms with Crippen LogP contribution < -0.4 is 5.73 Å². The van der Waals surface area contributed by atoms with Crippen LogP contribution in [0.5, 0.6) is 0 Å². The van der Waals surface area contributed by atoms with Gasteiger partial charge in [0.2, 0.25) is 0 Å². The van der Waals surface area contributed by atoms with E-state index in [0.29, 0.717) is 0 Å². The lowest BCUT2D eigenvalue weighted by Crippen LogP contribution is -2.35. The second kappa shape index (κ2) is 8.13. The van der Waals surface area contributed by atoms with Crippen molar-refractivity contribution < 1.29 is 0 Å². The maximum atomic E-state index is 5.60. The first-order valence-electron chi connectivity index (χ1n) is 8.03. The number of nitrogens with zero attached hydrogens (tertiary/aromatic N) is 2. The van der Waals surface area contributed by atoms with Crippen LogP contribution in [0.25, 0.3) is 0 Å². The Labute approximate surface area is 113 Å². The Hall–Kier alpha value is -0.120. The molecule has 106 valence electrons. The van der Waals surface area contributed by atoms with Crippen molar-refractivity contribution in [2.24, 2.45) is 11.7 Å². The van der Waals surface area contributed by atoms with Crippen LogP contribution in [-0.4, -0.2) is 55.6 Å². The van der Waals surface area contributed by atoms with E-state index in [0.717, 1.165) is 18.9 Å². The third kappa shape index (κ3) is 4.87. The fraction of sp³-hybridized carbons (Fsp3) is 1.00. The molecule has 1 saturated heterocycles. The van der Waals surface area contributed by atoms with E-state index < -0.39 is 0 Å². The second-order valence-electron chi connectivity index (χ2n) is 6.14. The lowest BCUT2D eigenvalue weighted by Gasteiger charge is -2.28. The first kappa shape index (κ1) is 14.3. The molecule has 2 aliphatic rings. The summed E-state index contributed by atoms with van der Waals surface area (Å²) in [5, 5.41) is 0. The molecule has 2 fully saturated rings.